The lowest BCUT2D eigenvalue weighted by Crippen LogP contribution is -2.20. The van der Waals surface area contributed by atoms with Gasteiger partial charge in [-0.3, -0.25) is 9.89 Å². The van der Waals surface area contributed by atoms with Crippen molar-refractivity contribution in [2.45, 2.75) is 6.10 Å². The quantitative estimate of drug-likeness (QED) is 0.681. The molecule has 100 valence electrons. The normalized spacial score (nSPS) is 12.2. The van der Waals surface area contributed by atoms with E-state index in [0.717, 1.165) is 10.9 Å². The number of hydrogen-bond donors (Lipinski definition) is 3. The van der Waals surface area contributed by atoms with E-state index in [1.165, 1.54) is 0 Å². The number of nitrogens with zero attached hydrogens (tertiary/aromatic N) is 1. The molecule has 3 aromatic rings. The smallest absolute Gasteiger partial charge is 0.257 e. The van der Waals surface area contributed by atoms with E-state index in [0.29, 0.717) is 11.3 Å². The molecule has 0 aliphatic heterocycles. The second kappa shape index (κ2) is 5.14. The van der Waals surface area contributed by atoms with Gasteiger partial charge in [0.25, 0.3) is 5.91 Å². The zero-order chi connectivity index (χ0) is 13.9. The number of fused-ring (bicyclic) bond motifs is 1. The van der Waals surface area contributed by atoms with Crippen LogP contribution in [0.3, 0.4) is 0 Å². The van der Waals surface area contributed by atoms with E-state index in [-0.39, 0.29) is 0 Å². The van der Waals surface area contributed by atoms with Gasteiger partial charge in [0, 0.05) is 11.1 Å². The Balaban J connectivity index is 1.78. The molecule has 1 amide bonds. The Morgan fingerprint density at radius 3 is 2.80 bits per heavy atom. The fourth-order valence-electron chi connectivity index (χ4n) is 2.02. The van der Waals surface area contributed by atoms with Crippen molar-refractivity contribution in [1.82, 2.24) is 10.2 Å². The monoisotopic (exact) mass is 267 g/mol. The van der Waals surface area contributed by atoms with E-state index in [1.54, 1.807) is 42.6 Å². The Morgan fingerprint density at radius 1 is 1.20 bits per heavy atom. The number of aromatic nitrogens is 2. The van der Waals surface area contributed by atoms with Gasteiger partial charge in [-0.1, -0.05) is 30.3 Å². The standard InChI is InChI=1S/C15H13N3O2/c19-14(10-4-2-1-3-5-10)15(20)17-12-6-7-13-11(8-12)9-16-18-13/h1-9,14,19H,(H,16,18)(H,17,20)/t14-/m0/s1. The first-order valence-electron chi connectivity index (χ1n) is 6.21. The van der Waals surface area contributed by atoms with E-state index >= 15 is 0 Å². The largest absolute Gasteiger partial charge is 0.378 e. The summed E-state index contributed by atoms with van der Waals surface area (Å²) in [6.07, 6.45) is 0.495. The second-order valence-corrected chi connectivity index (χ2v) is 4.47. The minimum absolute atomic E-state index is 0.459. The molecule has 0 aliphatic carbocycles. The topological polar surface area (TPSA) is 78.0 Å². The van der Waals surface area contributed by atoms with Crippen LogP contribution in [-0.2, 0) is 4.79 Å². The third-order valence-corrected chi connectivity index (χ3v) is 3.07. The number of rotatable bonds is 3. The summed E-state index contributed by atoms with van der Waals surface area (Å²) >= 11 is 0. The van der Waals surface area contributed by atoms with Gasteiger partial charge in [-0.25, -0.2) is 0 Å². The zero-order valence-electron chi connectivity index (χ0n) is 10.6. The SMILES string of the molecule is O=C(Nc1ccc2[nH]ncc2c1)[C@@H](O)c1ccccc1. The van der Waals surface area contributed by atoms with Gasteiger partial charge >= 0.3 is 0 Å². The van der Waals surface area contributed by atoms with Gasteiger partial charge in [-0.2, -0.15) is 5.10 Å². The molecule has 0 aliphatic rings. The van der Waals surface area contributed by atoms with Crippen LogP contribution in [-0.4, -0.2) is 21.2 Å². The van der Waals surface area contributed by atoms with Crippen LogP contribution in [0.1, 0.15) is 11.7 Å². The molecule has 3 N–H and O–H groups in total. The van der Waals surface area contributed by atoms with Gasteiger partial charge < -0.3 is 10.4 Å². The molecule has 0 unspecified atom stereocenters. The summed E-state index contributed by atoms with van der Waals surface area (Å²) in [4.78, 5) is 12.0. The number of aliphatic hydroxyl groups excluding tert-OH is 1. The number of amides is 1. The van der Waals surface area contributed by atoms with Crippen molar-refractivity contribution in [3.63, 3.8) is 0 Å². The summed E-state index contributed by atoms with van der Waals surface area (Å²) in [5, 5.41) is 20.3. The van der Waals surface area contributed by atoms with E-state index in [9.17, 15) is 9.90 Å². The van der Waals surface area contributed by atoms with Gasteiger partial charge in [0.2, 0.25) is 0 Å². The van der Waals surface area contributed by atoms with Gasteiger partial charge in [0.05, 0.1) is 11.7 Å². The van der Waals surface area contributed by atoms with Crippen molar-refractivity contribution >= 4 is 22.5 Å². The highest BCUT2D eigenvalue weighted by atomic mass is 16.3. The summed E-state index contributed by atoms with van der Waals surface area (Å²) in [6, 6.07) is 14.2. The van der Waals surface area contributed by atoms with E-state index in [2.05, 4.69) is 15.5 Å². The average Bonchev–Trinajstić information content (AvgIpc) is 2.95. The maximum atomic E-state index is 12.0. The summed E-state index contributed by atoms with van der Waals surface area (Å²) in [5.41, 5.74) is 2.08. The molecule has 2 aromatic carbocycles. The molecule has 0 saturated carbocycles. The molecule has 0 bridgehead atoms. The van der Waals surface area contributed by atoms with Crippen LogP contribution in [0.15, 0.2) is 54.7 Å². The minimum Gasteiger partial charge on any atom is -0.378 e. The number of carbonyl (C=O) groups is 1. The Labute approximate surface area is 115 Å². The number of nitrogens with one attached hydrogen (secondary N) is 2. The van der Waals surface area contributed by atoms with E-state index in [4.69, 9.17) is 0 Å². The predicted molar refractivity (Wildman–Crippen MR) is 76.1 cm³/mol. The van der Waals surface area contributed by atoms with Crippen LogP contribution in [0.25, 0.3) is 10.9 Å². The van der Waals surface area contributed by atoms with Crippen LogP contribution >= 0.6 is 0 Å². The maximum absolute atomic E-state index is 12.0. The van der Waals surface area contributed by atoms with Crippen LogP contribution < -0.4 is 5.32 Å². The molecule has 5 nitrogen and oxygen atoms in total. The summed E-state index contributed by atoms with van der Waals surface area (Å²) < 4.78 is 0. The van der Waals surface area contributed by atoms with E-state index < -0.39 is 12.0 Å². The Hall–Kier alpha value is -2.66. The predicted octanol–water partition coefficient (Wildman–Crippen LogP) is 2.24. The molecule has 5 heteroatoms. The third kappa shape index (κ3) is 2.39. The van der Waals surface area contributed by atoms with Gasteiger partial charge in [0.15, 0.2) is 6.10 Å². The Morgan fingerprint density at radius 2 is 2.00 bits per heavy atom. The van der Waals surface area contributed by atoms with Crippen LogP contribution in [0.2, 0.25) is 0 Å². The first-order chi connectivity index (χ1) is 9.74. The highest BCUT2D eigenvalue weighted by Crippen LogP contribution is 2.19. The molecule has 0 fully saturated rings. The fraction of sp³-hybridized carbons (Fsp3) is 0.0667. The molecular weight excluding hydrogens is 254 g/mol. The Kier molecular flexibility index (Phi) is 3.18. The van der Waals surface area contributed by atoms with Gasteiger partial charge in [-0.15, -0.1) is 0 Å². The first-order valence-corrected chi connectivity index (χ1v) is 6.21. The minimum atomic E-state index is -1.18. The number of H-pyrrole nitrogens is 1. The maximum Gasteiger partial charge on any atom is 0.257 e. The van der Waals surface area contributed by atoms with Crippen LogP contribution in [0, 0.1) is 0 Å². The van der Waals surface area contributed by atoms with Gasteiger partial charge in [0.1, 0.15) is 0 Å². The van der Waals surface area contributed by atoms with Crippen molar-refractivity contribution in [3.8, 4) is 0 Å². The molecule has 1 heterocycles. The van der Waals surface area contributed by atoms with Crippen molar-refractivity contribution < 1.29 is 9.90 Å². The van der Waals surface area contributed by atoms with Crippen molar-refractivity contribution in [3.05, 3.63) is 60.3 Å². The summed E-state index contributed by atoms with van der Waals surface area (Å²) in [5.74, 6) is -0.459. The average molecular weight is 267 g/mol. The van der Waals surface area contributed by atoms with Crippen molar-refractivity contribution in [2.75, 3.05) is 5.32 Å². The first kappa shape index (κ1) is 12.4. The third-order valence-electron chi connectivity index (χ3n) is 3.07. The molecular formula is C15H13N3O2. The summed E-state index contributed by atoms with van der Waals surface area (Å²) in [6.45, 7) is 0. The molecule has 1 atom stereocenters. The molecule has 0 radical (unpaired) electrons. The fourth-order valence-corrected chi connectivity index (χ4v) is 2.02. The number of benzene rings is 2. The van der Waals surface area contributed by atoms with Gasteiger partial charge in [-0.05, 0) is 23.8 Å². The molecule has 0 spiro atoms. The zero-order valence-corrected chi connectivity index (χ0v) is 10.6. The number of anilines is 1. The van der Waals surface area contributed by atoms with Crippen molar-refractivity contribution in [1.29, 1.82) is 0 Å². The second-order valence-electron chi connectivity index (χ2n) is 4.47. The molecule has 0 saturated heterocycles. The number of aliphatic hydroxyl groups is 1. The molecule has 3 rings (SSSR count). The lowest BCUT2D eigenvalue weighted by Gasteiger charge is -2.11. The number of carbonyl (C=O) groups excluding carboxylic acids is 1. The Bertz CT molecular complexity index is 737. The van der Waals surface area contributed by atoms with E-state index in [1.807, 2.05) is 12.1 Å². The van der Waals surface area contributed by atoms with Crippen LogP contribution in [0.4, 0.5) is 5.69 Å². The highest BCUT2D eigenvalue weighted by molar-refractivity contribution is 5.96. The summed E-state index contributed by atoms with van der Waals surface area (Å²) in [7, 11) is 0. The number of aromatic amines is 1. The lowest BCUT2D eigenvalue weighted by atomic mass is 10.1. The highest BCUT2D eigenvalue weighted by Gasteiger charge is 2.17. The molecule has 20 heavy (non-hydrogen) atoms. The van der Waals surface area contributed by atoms with Crippen molar-refractivity contribution in [2.24, 2.45) is 0 Å². The van der Waals surface area contributed by atoms with Crippen LogP contribution in [0.5, 0.6) is 0 Å². The lowest BCUT2D eigenvalue weighted by molar-refractivity contribution is -0.124. The number of hydrogen-bond acceptors (Lipinski definition) is 3. The molecule has 1 aromatic heterocycles.